The molecule has 0 aromatic heterocycles. The lowest BCUT2D eigenvalue weighted by molar-refractivity contribution is -0.124. The maximum absolute atomic E-state index is 12.5. The van der Waals surface area contributed by atoms with Gasteiger partial charge in [0.05, 0.1) is 12.1 Å². The third-order valence-corrected chi connectivity index (χ3v) is 4.89. The Bertz CT molecular complexity index is 581. The molecule has 2 amide bonds. The van der Waals surface area contributed by atoms with Gasteiger partial charge in [-0.05, 0) is 29.4 Å². The van der Waals surface area contributed by atoms with Crippen molar-refractivity contribution in [2.24, 2.45) is 11.8 Å². The van der Waals surface area contributed by atoms with Crippen LogP contribution < -0.4 is 21.3 Å². The zero-order valence-electron chi connectivity index (χ0n) is 17.0. The van der Waals surface area contributed by atoms with E-state index < -0.39 is 0 Å². The second kappa shape index (κ2) is 10.4. The Morgan fingerprint density at radius 1 is 0.815 bits per heavy atom. The molecule has 1 aromatic rings. The summed E-state index contributed by atoms with van der Waals surface area (Å²) in [4.78, 5) is 25.0. The van der Waals surface area contributed by atoms with Gasteiger partial charge in [0.2, 0.25) is 11.8 Å². The molecule has 0 saturated heterocycles. The van der Waals surface area contributed by atoms with Gasteiger partial charge in [0.25, 0.3) is 0 Å². The fraction of sp³-hybridized carbons (Fsp3) is 0.619. The number of carbonyl (C=O) groups excluding carboxylic acids is 2. The number of hydrogen-bond acceptors (Lipinski definition) is 4. The first-order valence-corrected chi connectivity index (χ1v) is 9.98. The first-order valence-electron chi connectivity index (χ1n) is 9.98. The largest absolute Gasteiger partial charge is 0.355 e. The number of fused-ring (bicyclic) bond motifs is 2. The van der Waals surface area contributed by atoms with Crippen molar-refractivity contribution in [3.05, 3.63) is 35.4 Å². The van der Waals surface area contributed by atoms with Crippen molar-refractivity contribution in [2.45, 2.75) is 59.3 Å². The normalized spacial score (nSPS) is 23.2. The minimum absolute atomic E-state index is 0.0151. The first-order chi connectivity index (χ1) is 12.9. The lowest BCUT2D eigenvalue weighted by Gasteiger charge is -2.24. The Balaban J connectivity index is 2.17. The number of nitrogens with one attached hydrogen (secondary N) is 4. The molecular formula is C21H34N4O2. The number of amides is 2. The van der Waals surface area contributed by atoms with Crippen LogP contribution in [0.5, 0.6) is 0 Å². The Morgan fingerprint density at radius 2 is 1.26 bits per heavy atom. The van der Waals surface area contributed by atoms with Gasteiger partial charge in [-0.25, -0.2) is 0 Å². The summed E-state index contributed by atoms with van der Waals surface area (Å²) in [6.45, 7) is 10.6. The molecule has 6 nitrogen and oxygen atoms in total. The van der Waals surface area contributed by atoms with E-state index in [1.54, 1.807) is 0 Å². The van der Waals surface area contributed by atoms with Crippen molar-refractivity contribution in [2.75, 3.05) is 13.1 Å². The van der Waals surface area contributed by atoms with E-state index in [1.807, 2.05) is 33.8 Å². The highest BCUT2D eigenvalue weighted by Gasteiger charge is 2.23. The average molecular weight is 375 g/mol. The quantitative estimate of drug-likeness (QED) is 0.633. The van der Waals surface area contributed by atoms with Crippen molar-refractivity contribution < 1.29 is 9.59 Å². The van der Waals surface area contributed by atoms with Crippen molar-refractivity contribution in [3.63, 3.8) is 0 Å². The molecule has 0 saturated carbocycles. The van der Waals surface area contributed by atoms with E-state index in [0.717, 1.165) is 11.1 Å². The molecule has 0 aliphatic carbocycles. The van der Waals surface area contributed by atoms with E-state index in [1.165, 1.54) is 0 Å². The van der Waals surface area contributed by atoms with E-state index in [-0.39, 0.29) is 35.7 Å². The van der Waals surface area contributed by atoms with E-state index in [9.17, 15) is 9.59 Å². The van der Waals surface area contributed by atoms with Gasteiger partial charge in [-0.1, -0.05) is 52.0 Å². The summed E-state index contributed by atoms with van der Waals surface area (Å²) >= 11 is 0. The molecule has 27 heavy (non-hydrogen) atoms. The number of benzene rings is 1. The summed E-state index contributed by atoms with van der Waals surface area (Å²) in [5.74, 6) is 0.420. The van der Waals surface area contributed by atoms with Gasteiger partial charge >= 0.3 is 0 Å². The Kier molecular flexibility index (Phi) is 8.25. The van der Waals surface area contributed by atoms with Crippen LogP contribution in [0.25, 0.3) is 0 Å². The van der Waals surface area contributed by atoms with Crippen LogP contribution in [-0.2, 0) is 22.7 Å². The molecule has 2 atom stereocenters. The first kappa shape index (κ1) is 21.4. The fourth-order valence-electron chi connectivity index (χ4n) is 3.30. The summed E-state index contributed by atoms with van der Waals surface area (Å²) in [5, 5.41) is 12.7. The van der Waals surface area contributed by atoms with Crippen LogP contribution in [0, 0.1) is 11.8 Å². The molecule has 0 spiro atoms. The number of rotatable bonds is 2. The molecule has 4 N–H and O–H groups in total. The molecule has 0 fully saturated rings. The highest BCUT2D eigenvalue weighted by Crippen LogP contribution is 2.10. The van der Waals surface area contributed by atoms with E-state index >= 15 is 0 Å². The predicted octanol–water partition coefficient (Wildman–Crippen LogP) is 1.55. The molecule has 1 unspecified atom stereocenters. The molecule has 1 aliphatic heterocycles. The van der Waals surface area contributed by atoms with Gasteiger partial charge in [-0.3, -0.25) is 9.59 Å². The molecule has 1 heterocycles. The summed E-state index contributed by atoms with van der Waals surface area (Å²) in [6.07, 6.45) is 0.714. The van der Waals surface area contributed by atoms with E-state index in [2.05, 4.69) is 39.5 Å². The Hall–Kier alpha value is -1.92. The maximum atomic E-state index is 12.5. The molecule has 6 heteroatoms. The summed E-state index contributed by atoms with van der Waals surface area (Å²) in [6, 6.07) is 7.78. The minimum atomic E-state index is -0.236. The lowest BCUT2D eigenvalue weighted by Crippen LogP contribution is -2.49. The lowest BCUT2D eigenvalue weighted by atomic mass is 10.0. The van der Waals surface area contributed by atoms with Crippen LogP contribution in [0.1, 0.15) is 45.2 Å². The second-order valence-electron chi connectivity index (χ2n) is 7.96. The molecule has 1 aliphatic rings. The third-order valence-electron chi connectivity index (χ3n) is 4.89. The predicted molar refractivity (Wildman–Crippen MR) is 108 cm³/mol. The molecule has 1 aromatic carbocycles. The van der Waals surface area contributed by atoms with Gasteiger partial charge in [-0.15, -0.1) is 0 Å². The molecule has 2 rings (SSSR count). The highest BCUT2D eigenvalue weighted by molar-refractivity contribution is 5.82. The van der Waals surface area contributed by atoms with Crippen molar-refractivity contribution in [1.29, 1.82) is 0 Å². The van der Waals surface area contributed by atoms with Crippen LogP contribution in [-0.4, -0.2) is 37.0 Å². The Labute approximate surface area is 162 Å². The third kappa shape index (κ3) is 6.63. The molecule has 2 bridgehead atoms. The topological polar surface area (TPSA) is 82.3 Å². The second-order valence-corrected chi connectivity index (χ2v) is 7.96. The minimum Gasteiger partial charge on any atom is -0.355 e. The summed E-state index contributed by atoms with van der Waals surface area (Å²) < 4.78 is 0. The standard InChI is InChI=1S/C21H34N4O2/c1-14(2)18-20(26)22-9-6-10-23-21(27)19(15(3)4)25-13-17-8-5-7-16(11-17)12-24-18/h5,7-8,11,14-15,18-19,24-25H,6,9-10,12-13H2,1-4H3,(H,22,26)(H,23,27)/t18-,19?/m0/s1. The zero-order chi connectivity index (χ0) is 19.8. The van der Waals surface area contributed by atoms with Crippen molar-refractivity contribution >= 4 is 11.8 Å². The van der Waals surface area contributed by atoms with Gasteiger partial charge in [0, 0.05) is 26.2 Å². The van der Waals surface area contributed by atoms with E-state index in [4.69, 9.17) is 0 Å². The highest BCUT2D eigenvalue weighted by atomic mass is 16.2. The number of carbonyl (C=O) groups is 2. The molecular weight excluding hydrogens is 340 g/mol. The fourth-order valence-corrected chi connectivity index (χ4v) is 3.30. The van der Waals surface area contributed by atoms with Crippen LogP contribution in [0.4, 0.5) is 0 Å². The van der Waals surface area contributed by atoms with Gasteiger partial charge < -0.3 is 21.3 Å². The van der Waals surface area contributed by atoms with Crippen molar-refractivity contribution in [1.82, 2.24) is 21.3 Å². The summed E-state index contributed by atoms with van der Waals surface area (Å²) in [7, 11) is 0. The SMILES string of the molecule is CC(C)C1NCc2cccc(c2)CN[C@@H](C(C)C)C(=O)NCCCNC1=O. The van der Waals surface area contributed by atoms with Gasteiger partial charge in [-0.2, -0.15) is 0 Å². The average Bonchev–Trinajstić information content (AvgIpc) is 2.60. The van der Waals surface area contributed by atoms with Crippen LogP contribution >= 0.6 is 0 Å². The van der Waals surface area contributed by atoms with Gasteiger partial charge in [0.15, 0.2) is 0 Å². The summed E-state index contributed by atoms with van der Waals surface area (Å²) in [5.41, 5.74) is 2.26. The molecule has 0 radical (unpaired) electrons. The van der Waals surface area contributed by atoms with Crippen molar-refractivity contribution in [3.8, 4) is 0 Å². The smallest absolute Gasteiger partial charge is 0.237 e. The monoisotopic (exact) mass is 374 g/mol. The van der Waals surface area contributed by atoms with Crippen LogP contribution in [0.3, 0.4) is 0 Å². The number of hydrogen-bond donors (Lipinski definition) is 4. The maximum Gasteiger partial charge on any atom is 0.237 e. The Morgan fingerprint density at radius 3 is 1.67 bits per heavy atom. The van der Waals surface area contributed by atoms with Crippen LogP contribution in [0.2, 0.25) is 0 Å². The van der Waals surface area contributed by atoms with Crippen LogP contribution in [0.15, 0.2) is 24.3 Å². The van der Waals surface area contributed by atoms with Gasteiger partial charge in [0.1, 0.15) is 0 Å². The zero-order valence-corrected chi connectivity index (χ0v) is 17.0. The molecule has 150 valence electrons. The van der Waals surface area contributed by atoms with E-state index in [0.29, 0.717) is 32.6 Å².